The van der Waals surface area contributed by atoms with Gasteiger partial charge in [0, 0.05) is 6.54 Å². The fraction of sp³-hybridized carbons (Fsp3) is 0.222. The number of hydrogen-bond acceptors (Lipinski definition) is 4. The first-order valence-corrected chi connectivity index (χ1v) is 7.46. The molecule has 120 valence electrons. The molecular formula is C18H19NO4. The highest BCUT2D eigenvalue weighted by atomic mass is 16.5. The Labute approximate surface area is 135 Å². The molecule has 0 saturated carbocycles. The van der Waals surface area contributed by atoms with Crippen molar-refractivity contribution in [2.24, 2.45) is 0 Å². The molecule has 0 aliphatic rings. The minimum atomic E-state index is -0.594. The quantitative estimate of drug-likeness (QED) is 0.797. The van der Waals surface area contributed by atoms with Crippen LogP contribution in [0.25, 0.3) is 0 Å². The van der Waals surface area contributed by atoms with Gasteiger partial charge in [-0.15, -0.1) is 0 Å². The van der Waals surface area contributed by atoms with Crippen LogP contribution < -0.4 is 10.1 Å². The highest BCUT2D eigenvalue weighted by molar-refractivity contribution is 5.94. The third-order valence-corrected chi connectivity index (χ3v) is 2.98. The average molecular weight is 313 g/mol. The fourth-order valence-electron chi connectivity index (χ4n) is 1.86. The zero-order valence-electron chi connectivity index (χ0n) is 13.0. The Morgan fingerprint density at radius 3 is 2.43 bits per heavy atom. The van der Waals surface area contributed by atoms with E-state index in [1.165, 1.54) is 0 Å². The van der Waals surface area contributed by atoms with Crippen LogP contribution in [0.3, 0.4) is 0 Å². The van der Waals surface area contributed by atoms with Gasteiger partial charge in [-0.25, -0.2) is 4.79 Å². The van der Waals surface area contributed by atoms with Gasteiger partial charge < -0.3 is 14.8 Å². The van der Waals surface area contributed by atoms with Crippen molar-refractivity contribution in [2.45, 2.75) is 13.3 Å². The lowest BCUT2D eigenvalue weighted by Crippen LogP contribution is -2.29. The Morgan fingerprint density at radius 2 is 1.70 bits per heavy atom. The normalized spacial score (nSPS) is 9.96. The Morgan fingerprint density at radius 1 is 1.00 bits per heavy atom. The summed E-state index contributed by atoms with van der Waals surface area (Å²) < 4.78 is 10.7. The van der Waals surface area contributed by atoms with E-state index >= 15 is 0 Å². The van der Waals surface area contributed by atoms with E-state index in [9.17, 15) is 9.59 Å². The molecule has 5 nitrogen and oxygen atoms in total. The number of amides is 1. The summed E-state index contributed by atoms with van der Waals surface area (Å²) in [4.78, 5) is 23.6. The first kappa shape index (κ1) is 16.5. The molecule has 0 atom stereocenters. The maximum absolute atomic E-state index is 12.2. The second kappa shape index (κ2) is 8.58. The molecule has 1 amide bonds. The van der Waals surface area contributed by atoms with Crippen molar-refractivity contribution in [3.63, 3.8) is 0 Å². The number of carbonyl (C=O) groups excluding carboxylic acids is 2. The number of benzene rings is 2. The van der Waals surface area contributed by atoms with Crippen molar-refractivity contribution in [1.29, 1.82) is 0 Å². The minimum Gasteiger partial charge on any atom is -0.456 e. The van der Waals surface area contributed by atoms with Crippen molar-refractivity contribution < 1.29 is 19.1 Å². The van der Waals surface area contributed by atoms with Crippen LogP contribution in [-0.2, 0) is 9.53 Å². The number of carbonyl (C=O) groups is 2. The highest BCUT2D eigenvalue weighted by Gasteiger charge is 2.15. The van der Waals surface area contributed by atoms with E-state index in [0.29, 0.717) is 18.0 Å². The largest absolute Gasteiger partial charge is 0.456 e. The molecule has 0 radical (unpaired) electrons. The SMILES string of the molecule is CCCNC(=O)COC(=O)c1ccccc1Oc1ccccc1. The number of ether oxygens (including phenoxy) is 2. The molecule has 2 aromatic rings. The standard InChI is InChI=1S/C18H19NO4/c1-2-12-19-17(20)13-22-18(21)15-10-6-7-11-16(15)23-14-8-4-3-5-9-14/h3-11H,2,12-13H2,1H3,(H,19,20). The Bertz CT molecular complexity index is 655. The third kappa shape index (κ3) is 5.14. The lowest BCUT2D eigenvalue weighted by molar-refractivity contribution is -0.124. The number of nitrogens with one attached hydrogen (secondary N) is 1. The smallest absolute Gasteiger partial charge is 0.342 e. The van der Waals surface area contributed by atoms with Crippen molar-refractivity contribution in [2.75, 3.05) is 13.2 Å². The molecule has 0 bridgehead atoms. The fourth-order valence-corrected chi connectivity index (χ4v) is 1.86. The number of para-hydroxylation sites is 2. The van der Waals surface area contributed by atoms with E-state index in [2.05, 4.69) is 5.32 Å². The van der Waals surface area contributed by atoms with Gasteiger partial charge in [-0.3, -0.25) is 4.79 Å². The van der Waals surface area contributed by atoms with Crippen LogP contribution in [0.2, 0.25) is 0 Å². The molecule has 0 aliphatic carbocycles. The van der Waals surface area contributed by atoms with Crippen molar-refractivity contribution in [3.8, 4) is 11.5 Å². The number of esters is 1. The topological polar surface area (TPSA) is 64.6 Å². The van der Waals surface area contributed by atoms with Crippen LogP contribution in [0, 0.1) is 0 Å². The van der Waals surface area contributed by atoms with Crippen LogP contribution in [0.15, 0.2) is 54.6 Å². The monoisotopic (exact) mass is 313 g/mol. The van der Waals surface area contributed by atoms with Gasteiger partial charge in [0.05, 0.1) is 0 Å². The molecule has 2 aromatic carbocycles. The van der Waals surface area contributed by atoms with Gasteiger partial charge in [0.25, 0.3) is 5.91 Å². The molecule has 2 rings (SSSR count). The van der Waals surface area contributed by atoms with E-state index in [-0.39, 0.29) is 18.1 Å². The Kier molecular flexibility index (Phi) is 6.17. The lowest BCUT2D eigenvalue weighted by Gasteiger charge is -2.11. The first-order chi connectivity index (χ1) is 11.2. The molecule has 5 heteroatoms. The van der Waals surface area contributed by atoms with E-state index in [1.807, 2.05) is 25.1 Å². The summed E-state index contributed by atoms with van der Waals surface area (Å²) in [6.45, 7) is 2.20. The van der Waals surface area contributed by atoms with Gasteiger partial charge in [-0.2, -0.15) is 0 Å². The number of rotatable bonds is 7. The summed E-state index contributed by atoms with van der Waals surface area (Å²) in [5.41, 5.74) is 0.277. The first-order valence-electron chi connectivity index (χ1n) is 7.46. The summed E-state index contributed by atoms with van der Waals surface area (Å²) in [6.07, 6.45) is 0.827. The summed E-state index contributed by atoms with van der Waals surface area (Å²) in [5, 5.41) is 2.65. The van der Waals surface area contributed by atoms with E-state index in [1.54, 1.807) is 36.4 Å². The predicted octanol–water partition coefficient (Wildman–Crippen LogP) is 3.16. The summed E-state index contributed by atoms with van der Waals surface area (Å²) >= 11 is 0. The molecule has 0 aromatic heterocycles. The van der Waals surface area contributed by atoms with Gasteiger partial charge in [-0.1, -0.05) is 37.3 Å². The van der Waals surface area contributed by atoms with E-state index in [4.69, 9.17) is 9.47 Å². The maximum atomic E-state index is 12.2. The molecule has 0 fully saturated rings. The average Bonchev–Trinajstić information content (AvgIpc) is 2.59. The summed E-state index contributed by atoms with van der Waals surface area (Å²) in [5.74, 6) is 0.0935. The van der Waals surface area contributed by atoms with Crippen molar-refractivity contribution >= 4 is 11.9 Å². The molecule has 0 saturated heterocycles. The van der Waals surface area contributed by atoms with Crippen LogP contribution in [0.5, 0.6) is 11.5 Å². The third-order valence-electron chi connectivity index (χ3n) is 2.98. The van der Waals surface area contributed by atoms with Crippen molar-refractivity contribution in [3.05, 3.63) is 60.2 Å². The van der Waals surface area contributed by atoms with Crippen LogP contribution in [-0.4, -0.2) is 25.0 Å². The van der Waals surface area contributed by atoms with Gasteiger partial charge in [0.2, 0.25) is 0 Å². The van der Waals surface area contributed by atoms with Gasteiger partial charge in [0.1, 0.15) is 17.1 Å². The maximum Gasteiger partial charge on any atom is 0.342 e. The Balaban J connectivity index is 2.01. The van der Waals surface area contributed by atoms with Gasteiger partial charge >= 0.3 is 5.97 Å². The molecule has 0 heterocycles. The molecule has 23 heavy (non-hydrogen) atoms. The second-order valence-corrected chi connectivity index (χ2v) is 4.84. The van der Waals surface area contributed by atoms with E-state index in [0.717, 1.165) is 6.42 Å². The Hall–Kier alpha value is -2.82. The molecule has 1 N–H and O–H groups in total. The lowest BCUT2D eigenvalue weighted by atomic mass is 10.2. The second-order valence-electron chi connectivity index (χ2n) is 4.84. The molecule has 0 spiro atoms. The minimum absolute atomic E-state index is 0.277. The number of hydrogen-bond donors (Lipinski definition) is 1. The predicted molar refractivity (Wildman–Crippen MR) is 86.5 cm³/mol. The highest BCUT2D eigenvalue weighted by Crippen LogP contribution is 2.25. The molecule has 0 unspecified atom stereocenters. The molecular weight excluding hydrogens is 294 g/mol. The van der Waals surface area contributed by atoms with Crippen LogP contribution in [0.1, 0.15) is 23.7 Å². The summed E-state index contributed by atoms with van der Waals surface area (Å²) in [6, 6.07) is 15.9. The van der Waals surface area contributed by atoms with Crippen LogP contribution >= 0.6 is 0 Å². The van der Waals surface area contributed by atoms with Crippen LogP contribution in [0.4, 0.5) is 0 Å². The zero-order chi connectivity index (χ0) is 16.5. The van der Waals surface area contributed by atoms with Gasteiger partial charge in [0.15, 0.2) is 6.61 Å². The van der Waals surface area contributed by atoms with Crippen molar-refractivity contribution in [1.82, 2.24) is 5.32 Å². The molecule has 0 aliphatic heterocycles. The van der Waals surface area contributed by atoms with Gasteiger partial charge in [-0.05, 0) is 30.7 Å². The summed E-state index contributed by atoms with van der Waals surface area (Å²) in [7, 11) is 0. The zero-order valence-corrected chi connectivity index (χ0v) is 13.0. The van der Waals surface area contributed by atoms with E-state index < -0.39 is 5.97 Å².